The molecule has 1 aliphatic carbocycles. The van der Waals surface area contributed by atoms with Crippen molar-refractivity contribution in [1.82, 2.24) is 0 Å². The zero-order valence-corrected chi connectivity index (χ0v) is 12.0. The Balaban J connectivity index is 1.66. The molecule has 0 aromatic heterocycles. The summed E-state index contributed by atoms with van der Waals surface area (Å²) in [6, 6.07) is 0. The quantitative estimate of drug-likeness (QED) is 0.743. The van der Waals surface area contributed by atoms with Crippen molar-refractivity contribution in [2.45, 2.75) is 69.5 Å². The molecule has 2 aliphatic heterocycles. The first-order valence-electron chi connectivity index (χ1n) is 8.19. The normalized spacial score (nSPS) is 39.9. The number of hydrogen-bond acceptors (Lipinski definition) is 3. The second-order valence-electron chi connectivity index (χ2n) is 6.77. The SMILES string of the molecule is OC1CCCCCC1C1CCOC2(CCOCC2)C1. The molecule has 3 atom stereocenters. The molecule has 0 bridgehead atoms. The fourth-order valence-electron chi connectivity index (χ4n) is 4.39. The molecule has 1 N–H and O–H groups in total. The fraction of sp³-hybridized carbons (Fsp3) is 1.00. The molecule has 0 amide bonds. The van der Waals surface area contributed by atoms with Gasteiger partial charge in [-0.15, -0.1) is 0 Å². The molecule has 1 spiro atoms. The van der Waals surface area contributed by atoms with Crippen molar-refractivity contribution < 1.29 is 14.6 Å². The predicted molar refractivity (Wildman–Crippen MR) is 74.0 cm³/mol. The minimum Gasteiger partial charge on any atom is -0.393 e. The van der Waals surface area contributed by atoms with Gasteiger partial charge in [-0.2, -0.15) is 0 Å². The molecule has 3 aliphatic rings. The largest absolute Gasteiger partial charge is 0.393 e. The van der Waals surface area contributed by atoms with Crippen LogP contribution in [0.1, 0.15) is 57.8 Å². The first-order chi connectivity index (χ1) is 9.29. The summed E-state index contributed by atoms with van der Waals surface area (Å²) < 4.78 is 11.6. The van der Waals surface area contributed by atoms with Crippen molar-refractivity contribution in [1.29, 1.82) is 0 Å². The van der Waals surface area contributed by atoms with E-state index < -0.39 is 0 Å². The van der Waals surface area contributed by atoms with Crippen LogP contribution in [0.3, 0.4) is 0 Å². The van der Waals surface area contributed by atoms with E-state index in [0.717, 1.165) is 51.9 Å². The molecule has 0 radical (unpaired) electrons. The van der Waals surface area contributed by atoms with Crippen molar-refractivity contribution in [2.75, 3.05) is 19.8 Å². The summed E-state index contributed by atoms with van der Waals surface area (Å²) >= 11 is 0. The zero-order chi connectivity index (χ0) is 13.1. The molecule has 19 heavy (non-hydrogen) atoms. The number of aliphatic hydroxyl groups is 1. The van der Waals surface area contributed by atoms with E-state index in [-0.39, 0.29) is 11.7 Å². The Morgan fingerprint density at radius 3 is 2.53 bits per heavy atom. The Bertz CT molecular complexity index is 280. The fourth-order valence-corrected chi connectivity index (χ4v) is 4.39. The molecule has 2 saturated heterocycles. The lowest BCUT2D eigenvalue weighted by molar-refractivity contribution is -0.157. The molecule has 3 unspecified atom stereocenters. The maximum Gasteiger partial charge on any atom is 0.0729 e. The number of hydrogen-bond donors (Lipinski definition) is 1. The minimum absolute atomic E-state index is 0.0671. The van der Waals surface area contributed by atoms with Gasteiger partial charge < -0.3 is 14.6 Å². The molecular formula is C16H28O3. The van der Waals surface area contributed by atoms with Crippen LogP contribution >= 0.6 is 0 Å². The molecule has 3 rings (SSSR count). The van der Waals surface area contributed by atoms with Gasteiger partial charge in [-0.05, 0) is 50.4 Å². The lowest BCUT2D eigenvalue weighted by atomic mass is 9.72. The summed E-state index contributed by atoms with van der Waals surface area (Å²) in [5.41, 5.74) is 0.0766. The standard InChI is InChI=1S/C16H28O3/c17-15-5-3-1-2-4-14(15)13-6-9-19-16(12-13)7-10-18-11-8-16/h13-15,17H,1-12H2. The van der Waals surface area contributed by atoms with Crippen LogP contribution in [0.4, 0.5) is 0 Å². The molecule has 0 aromatic rings. The molecule has 0 aromatic carbocycles. The van der Waals surface area contributed by atoms with Gasteiger partial charge in [0, 0.05) is 19.8 Å². The molecule has 1 saturated carbocycles. The van der Waals surface area contributed by atoms with Crippen LogP contribution in [0.25, 0.3) is 0 Å². The Hall–Kier alpha value is -0.120. The highest BCUT2D eigenvalue weighted by Gasteiger charge is 2.42. The molecule has 2 heterocycles. The summed E-state index contributed by atoms with van der Waals surface area (Å²) in [6.45, 7) is 2.58. The van der Waals surface area contributed by atoms with E-state index in [2.05, 4.69) is 0 Å². The van der Waals surface area contributed by atoms with Gasteiger partial charge in [-0.1, -0.05) is 19.3 Å². The third-order valence-electron chi connectivity index (χ3n) is 5.57. The zero-order valence-electron chi connectivity index (χ0n) is 12.0. The highest BCUT2D eigenvalue weighted by atomic mass is 16.5. The van der Waals surface area contributed by atoms with E-state index in [1.54, 1.807) is 0 Å². The third-order valence-corrected chi connectivity index (χ3v) is 5.57. The summed E-state index contributed by atoms with van der Waals surface area (Å²) in [7, 11) is 0. The van der Waals surface area contributed by atoms with Crippen LogP contribution in [0.5, 0.6) is 0 Å². The lowest BCUT2D eigenvalue weighted by Gasteiger charge is -2.46. The Labute approximate surface area is 116 Å². The van der Waals surface area contributed by atoms with E-state index in [1.165, 1.54) is 25.7 Å². The van der Waals surface area contributed by atoms with Gasteiger partial charge in [-0.3, -0.25) is 0 Å². The molecular weight excluding hydrogens is 240 g/mol. The van der Waals surface area contributed by atoms with Gasteiger partial charge in [0.05, 0.1) is 11.7 Å². The van der Waals surface area contributed by atoms with Crippen molar-refractivity contribution in [3.63, 3.8) is 0 Å². The monoisotopic (exact) mass is 268 g/mol. The maximum absolute atomic E-state index is 10.4. The summed E-state index contributed by atoms with van der Waals surface area (Å²) in [4.78, 5) is 0. The molecule has 3 fully saturated rings. The van der Waals surface area contributed by atoms with E-state index in [1.807, 2.05) is 0 Å². The number of ether oxygens (including phenoxy) is 2. The molecule has 3 heteroatoms. The number of aliphatic hydroxyl groups excluding tert-OH is 1. The first-order valence-corrected chi connectivity index (χ1v) is 8.19. The minimum atomic E-state index is -0.0671. The van der Waals surface area contributed by atoms with Crippen molar-refractivity contribution in [3.05, 3.63) is 0 Å². The highest BCUT2D eigenvalue weighted by molar-refractivity contribution is 4.92. The van der Waals surface area contributed by atoms with Crippen LogP contribution in [0.15, 0.2) is 0 Å². The van der Waals surface area contributed by atoms with Crippen LogP contribution < -0.4 is 0 Å². The van der Waals surface area contributed by atoms with E-state index in [4.69, 9.17) is 9.47 Å². The van der Waals surface area contributed by atoms with Crippen molar-refractivity contribution in [3.8, 4) is 0 Å². The van der Waals surface area contributed by atoms with Gasteiger partial charge in [0.15, 0.2) is 0 Å². The molecule has 3 nitrogen and oxygen atoms in total. The average molecular weight is 268 g/mol. The van der Waals surface area contributed by atoms with Gasteiger partial charge >= 0.3 is 0 Å². The Morgan fingerprint density at radius 1 is 0.895 bits per heavy atom. The van der Waals surface area contributed by atoms with E-state index in [0.29, 0.717) is 11.8 Å². The van der Waals surface area contributed by atoms with Crippen LogP contribution in [0.2, 0.25) is 0 Å². The van der Waals surface area contributed by atoms with Crippen LogP contribution in [-0.4, -0.2) is 36.6 Å². The number of rotatable bonds is 1. The maximum atomic E-state index is 10.4. The predicted octanol–water partition coefficient (Wildman–Crippen LogP) is 2.90. The van der Waals surface area contributed by atoms with E-state index >= 15 is 0 Å². The summed E-state index contributed by atoms with van der Waals surface area (Å²) in [6.07, 6.45) is 10.4. The van der Waals surface area contributed by atoms with Gasteiger partial charge in [0.2, 0.25) is 0 Å². The Kier molecular flexibility index (Phi) is 4.45. The van der Waals surface area contributed by atoms with Crippen molar-refractivity contribution in [2.24, 2.45) is 11.8 Å². The van der Waals surface area contributed by atoms with E-state index in [9.17, 15) is 5.11 Å². The second-order valence-corrected chi connectivity index (χ2v) is 6.77. The second kappa shape index (κ2) is 6.11. The van der Waals surface area contributed by atoms with Crippen LogP contribution in [-0.2, 0) is 9.47 Å². The lowest BCUT2D eigenvalue weighted by Crippen LogP contribution is -2.47. The highest BCUT2D eigenvalue weighted by Crippen LogP contribution is 2.43. The third kappa shape index (κ3) is 3.14. The Morgan fingerprint density at radius 2 is 1.68 bits per heavy atom. The van der Waals surface area contributed by atoms with Gasteiger partial charge in [-0.25, -0.2) is 0 Å². The van der Waals surface area contributed by atoms with Gasteiger partial charge in [0.1, 0.15) is 0 Å². The first kappa shape index (κ1) is 13.8. The summed E-state index contributed by atoms with van der Waals surface area (Å²) in [5.74, 6) is 1.19. The topological polar surface area (TPSA) is 38.7 Å². The van der Waals surface area contributed by atoms with Crippen molar-refractivity contribution >= 4 is 0 Å². The molecule has 110 valence electrons. The van der Waals surface area contributed by atoms with Gasteiger partial charge in [0.25, 0.3) is 0 Å². The summed E-state index contributed by atoms with van der Waals surface area (Å²) in [5, 5.41) is 10.4. The smallest absolute Gasteiger partial charge is 0.0729 e. The van der Waals surface area contributed by atoms with Crippen LogP contribution in [0, 0.1) is 11.8 Å². The average Bonchev–Trinajstić information content (AvgIpc) is 2.64.